The van der Waals surface area contributed by atoms with Crippen LogP contribution in [0.3, 0.4) is 0 Å². The van der Waals surface area contributed by atoms with Crippen LogP contribution in [0.4, 0.5) is 8.78 Å². The van der Waals surface area contributed by atoms with Crippen molar-refractivity contribution in [2.45, 2.75) is 19.8 Å². The number of rotatable bonds is 1. The lowest BCUT2D eigenvalue weighted by molar-refractivity contribution is 0.0215. The van der Waals surface area contributed by atoms with E-state index in [4.69, 9.17) is 0 Å². The van der Waals surface area contributed by atoms with E-state index >= 15 is 0 Å². The first-order valence-corrected chi connectivity index (χ1v) is 3.59. The van der Waals surface area contributed by atoms with Gasteiger partial charge in [-0.1, -0.05) is 0 Å². The molecule has 0 saturated carbocycles. The predicted molar refractivity (Wildman–Crippen MR) is 36.4 cm³/mol. The maximum atomic E-state index is 12.4. The first-order chi connectivity index (χ1) is 4.50. The molecule has 0 aromatic carbocycles. The van der Waals surface area contributed by atoms with Crippen molar-refractivity contribution in [3.05, 3.63) is 16.6 Å². The highest BCUT2D eigenvalue weighted by Crippen LogP contribution is 2.30. The SMILES string of the molecule is Cc1cc(C(C)(F)F)sn1. The van der Waals surface area contributed by atoms with Gasteiger partial charge in [0, 0.05) is 6.92 Å². The van der Waals surface area contributed by atoms with Gasteiger partial charge in [-0.05, 0) is 24.5 Å². The zero-order valence-electron chi connectivity index (χ0n) is 5.69. The molecule has 0 saturated heterocycles. The Hall–Kier alpha value is -0.510. The Morgan fingerprint density at radius 3 is 2.40 bits per heavy atom. The van der Waals surface area contributed by atoms with Crippen molar-refractivity contribution in [3.8, 4) is 0 Å². The van der Waals surface area contributed by atoms with E-state index in [2.05, 4.69) is 4.37 Å². The van der Waals surface area contributed by atoms with Crippen molar-refractivity contribution in [2.24, 2.45) is 0 Å². The van der Waals surface area contributed by atoms with Gasteiger partial charge >= 0.3 is 0 Å². The zero-order valence-corrected chi connectivity index (χ0v) is 6.51. The first kappa shape index (κ1) is 7.60. The van der Waals surface area contributed by atoms with Crippen LogP contribution in [-0.2, 0) is 5.92 Å². The van der Waals surface area contributed by atoms with Crippen molar-refractivity contribution in [3.63, 3.8) is 0 Å². The molecule has 0 amide bonds. The minimum Gasteiger partial charge on any atom is -0.201 e. The van der Waals surface area contributed by atoms with Crippen molar-refractivity contribution >= 4 is 11.5 Å². The number of alkyl halides is 2. The molecule has 0 N–H and O–H groups in total. The average Bonchev–Trinajstić information content (AvgIpc) is 2.11. The molecular formula is C6H7F2NS. The molecule has 0 unspecified atom stereocenters. The van der Waals surface area contributed by atoms with Crippen LogP contribution in [0.1, 0.15) is 17.5 Å². The second-order valence-electron chi connectivity index (χ2n) is 2.22. The second kappa shape index (κ2) is 2.27. The van der Waals surface area contributed by atoms with Crippen LogP contribution >= 0.6 is 11.5 Å². The van der Waals surface area contributed by atoms with Gasteiger partial charge in [-0.2, -0.15) is 4.37 Å². The highest BCUT2D eigenvalue weighted by atomic mass is 32.1. The minimum atomic E-state index is -2.73. The zero-order chi connectivity index (χ0) is 7.78. The Balaban J connectivity index is 2.96. The Labute approximate surface area is 61.9 Å². The molecule has 0 bridgehead atoms. The summed E-state index contributed by atoms with van der Waals surface area (Å²) < 4.78 is 28.6. The summed E-state index contributed by atoms with van der Waals surface area (Å²) >= 11 is 0.856. The normalized spacial score (nSPS) is 12.0. The van der Waals surface area contributed by atoms with Crippen molar-refractivity contribution < 1.29 is 8.78 Å². The van der Waals surface area contributed by atoms with E-state index in [1.165, 1.54) is 6.07 Å². The largest absolute Gasteiger partial charge is 0.281 e. The summed E-state index contributed by atoms with van der Waals surface area (Å²) in [7, 11) is 0. The van der Waals surface area contributed by atoms with E-state index in [-0.39, 0.29) is 4.88 Å². The van der Waals surface area contributed by atoms with Crippen molar-refractivity contribution in [1.29, 1.82) is 0 Å². The van der Waals surface area contributed by atoms with Crippen LogP contribution < -0.4 is 0 Å². The number of nitrogens with zero attached hydrogens (tertiary/aromatic N) is 1. The van der Waals surface area contributed by atoms with Gasteiger partial charge < -0.3 is 0 Å². The maximum Gasteiger partial charge on any atom is 0.281 e. The van der Waals surface area contributed by atoms with E-state index in [0.29, 0.717) is 5.69 Å². The van der Waals surface area contributed by atoms with Crippen LogP contribution in [0.5, 0.6) is 0 Å². The highest BCUT2D eigenvalue weighted by molar-refractivity contribution is 7.05. The van der Waals surface area contributed by atoms with Crippen LogP contribution in [-0.4, -0.2) is 4.37 Å². The molecule has 4 heteroatoms. The third-order valence-corrected chi connectivity index (χ3v) is 2.11. The number of halogens is 2. The molecule has 0 aliphatic carbocycles. The molecule has 0 atom stereocenters. The molecular weight excluding hydrogens is 156 g/mol. The number of aryl methyl sites for hydroxylation is 1. The van der Waals surface area contributed by atoms with E-state index in [9.17, 15) is 8.78 Å². The van der Waals surface area contributed by atoms with Gasteiger partial charge in [-0.15, -0.1) is 0 Å². The van der Waals surface area contributed by atoms with E-state index < -0.39 is 5.92 Å². The molecule has 1 rings (SSSR count). The number of hydrogen-bond donors (Lipinski definition) is 0. The fourth-order valence-electron chi connectivity index (χ4n) is 0.570. The molecule has 0 fully saturated rings. The summed E-state index contributed by atoms with van der Waals surface area (Å²) in [5.74, 6) is -2.73. The molecule has 0 radical (unpaired) electrons. The third kappa shape index (κ3) is 1.50. The molecule has 1 aromatic rings. The van der Waals surface area contributed by atoms with Gasteiger partial charge in [0.25, 0.3) is 5.92 Å². The molecule has 10 heavy (non-hydrogen) atoms. The van der Waals surface area contributed by atoms with E-state index in [1.54, 1.807) is 6.92 Å². The first-order valence-electron chi connectivity index (χ1n) is 2.82. The monoisotopic (exact) mass is 163 g/mol. The summed E-state index contributed by atoms with van der Waals surface area (Å²) in [6.07, 6.45) is 0. The van der Waals surface area contributed by atoms with Gasteiger partial charge in [-0.25, -0.2) is 8.78 Å². The standard InChI is InChI=1S/C6H7F2NS/c1-4-3-5(10-9-4)6(2,7)8/h3H,1-2H3. The lowest BCUT2D eigenvalue weighted by atomic mass is 10.3. The average molecular weight is 163 g/mol. The predicted octanol–water partition coefficient (Wildman–Crippen LogP) is 2.56. The fourth-order valence-corrected chi connectivity index (χ4v) is 1.25. The molecule has 0 aliphatic heterocycles. The summed E-state index contributed by atoms with van der Waals surface area (Å²) in [5, 5.41) is 0. The summed E-state index contributed by atoms with van der Waals surface area (Å²) in [6.45, 7) is 2.58. The topological polar surface area (TPSA) is 12.9 Å². The lowest BCUT2D eigenvalue weighted by Gasteiger charge is -2.03. The smallest absolute Gasteiger partial charge is 0.201 e. The Morgan fingerprint density at radius 1 is 1.60 bits per heavy atom. The van der Waals surface area contributed by atoms with Crippen molar-refractivity contribution in [2.75, 3.05) is 0 Å². The third-order valence-electron chi connectivity index (χ3n) is 1.06. The lowest BCUT2D eigenvalue weighted by Crippen LogP contribution is -2.03. The Bertz CT molecular complexity index is 226. The van der Waals surface area contributed by atoms with Crippen LogP contribution in [0, 0.1) is 6.92 Å². The van der Waals surface area contributed by atoms with Gasteiger partial charge in [-0.3, -0.25) is 0 Å². The van der Waals surface area contributed by atoms with Crippen molar-refractivity contribution in [1.82, 2.24) is 4.37 Å². The Morgan fingerprint density at radius 2 is 2.20 bits per heavy atom. The molecule has 0 aliphatic rings. The van der Waals surface area contributed by atoms with E-state index in [1.807, 2.05) is 0 Å². The maximum absolute atomic E-state index is 12.4. The number of hydrogen-bond acceptors (Lipinski definition) is 2. The van der Waals surface area contributed by atoms with Crippen LogP contribution in [0.25, 0.3) is 0 Å². The fraction of sp³-hybridized carbons (Fsp3) is 0.500. The molecule has 1 nitrogen and oxygen atoms in total. The molecule has 0 spiro atoms. The molecule has 56 valence electrons. The number of aromatic nitrogens is 1. The molecule has 1 heterocycles. The van der Waals surface area contributed by atoms with Crippen LogP contribution in [0.15, 0.2) is 6.07 Å². The quantitative estimate of drug-likeness (QED) is 0.620. The summed E-state index contributed by atoms with van der Waals surface area (Å²) in [5.41, 5.74) is 0.654. The molecule has 1 aromatic heterocycles. The minimum absolute atomic E-state index is 0.0324. The Kier molecular flexibility index (Phi) is 1.72. The summed E-state index contributed by atoms with van der Waals surface area (Å²) in [4.78, 5) is 0.0324. The van der Waals surface area contributed by atoms with Gasteiger partial charge in [0.05, 0.1) is 10.6 Å². The second-order valence-corrected chi connectivity index (χ2v) is 3.03. The van der Waals surface area contributed by atoms with Gasteiger partial charge in [0.2, 0.25) is 0 Å². The van der Waals surface area contributed by atoms with Gasteiger partial charge in [0.1, 0.15) is 0 Å². The van der Waals surface area contributed by atoms with Crippen LogP contribution in [0.2, 0.25) is 0 Å². The van der Waals surface area contributed by atoms with E-state index in [0.717, 1.165) is 18.5 Å². The highest BCUT2D eigenvalue weighted by Gasteiger charge is 2.26. The van der Waals surface area contributed by atoms with Gasteiger partial charge in [0.15, 0.2) is 0 Å². The summed E-state index contributed by atoms with van der Waals surface area (Å²) in [6, 6.07) is 1.41.